The van der Waals surface area contributed by atoms with E-state index < -0.39 is 6.09 Å². The van der Waals surface area contributed by atoms with Crippen molar-refractivity contribution < 1.29 is 9.53 Å². The molecule has 0 N–H and O–H groups in total. The minimum absolute atomic E-state index is 0.0902. The van der Waals surface area contributed by atoms with Gasteiger partial charge in [-0.2, -0.15) is 0 Å². The third-order valence-corrected chi connectivity index (χ3v) is 2.64. The van der Waals surface area contributed by atoms with Crippen LogP contribution in [0.3, 0.4) is 0 Å². The van der Waals surface area contributed by atoms with E-state index in [4.69, 9.17) is 4.74 Å². The van der Waals surface area contributed by atoms with Crippen LogP contribution < -0.4 is 4.74 Å². The van der Waals surface area contributed by atoms with Crippen LogP contribution in [0.5, 0.6) is 5.75 Å². The molecule has 0 radical (unpaired) electrons. The monoisotopic (exact) mass is 244 g/mol. The maximum absolute atomic E-state index is 11.7. The molecule has 1 heterocycles. The molecule has 0 amide bonds. The summed E-state index contributed by atoms with van der Waals surface area (Å²) in [5.74, 6) is 0.529. The number of nitrogens with zero attached hydrogens (tertiary/aromatic N) is 2. The van der Waals surface area contributed by atoms with Crippen LogP contribution >= 0.6 is 0 Å². The summed E-state index contributed by atoms with van der Waals surface area (Å²) in [7, 11) is 0. The van der Waals surface area contributed by atoms with Gasteiger partial charge in [0.2, 0.25) is 0 Å². The van der Waals surface area contributed by atoms with Crippen LogP contribution in [0.25, 0.3) is 0 Å². The van der Waals surface area contributed by atoms with Crippen molar-refractivity contribution in [1.82, 2.24) is 9.55 Å². The molecule has 0 bridgehead atoms. The van der Waals surface area contributed by atoms with Crippen LogP contribution in [-0.2, 0) is 5.41 Å². The molecule has 94 valence electrons. The van der Waals surface area contributed by atoms with Gasteiger partial charge in [-0.1, -0.05) is 32.9 Å². The topological polar surface area (TPSA) is 44.1 Å². The van der Waals surface area contributed by atoms with Crippen molar-refractivity contribution in [2.75, 3.05) is 0 Å². The molecule has 1 aromatic heterocycles. The minimum atomic E-state index is -0.462. The lowest BCUT2D eigenvalue weighted by Gasteiger charge is -2.18. The molecule has 0 fully saturated rings. The summed E-state index contributed by atoms with van der Waals surface area (Å²) in [6.07, 6.45) is 4.03. The lowest BCUT2D eigenvalue weighted by Crippen LogP contribution is -2.15. The zero-order valence-electron chi connectivity index (χ0n) is 10.8. The summed E-state index contributed by atoms with van der Waals surface area (Å²) >= 11 is 0. The van der Waals surface area contributed by atoms with E-state index in [1.54, 1.807) is 18.3 Å². The van der Waals surface area contributed by atoms with Crippen molar-refractivity contribution in [2.45, 2.75) is 26.2 Å². The van der Waals surface area contributed by atoms with Gasteiger partial charge in [0.25, 0.3) is 0 Å². The minimum Gasteiger partial charge on any atom is -0.410 e. The summed E-state index contributed by atoms with van der Waals surface area (Å²) in [5.41, 5.74) is 1.29. The van der Waals surface area contributed by atoms with E-state index in [-0.39, 0.29) is 5.41 Å². The molecular formula is C14H16N2O2. The van der Waals surface area contributed by atoms with Crippen LogP contribution in [0, 0.1) is 0 Å². The van der Waals surface area contributed by atoms with Gasteiger partial charge in [0, 0.05) is 12.4 Å². The van der Waals surface area contributed by atoms with E-state index in [0.717, 1.165) is 0 Å². The average molecular weight is 244 g/mol. The number of ether oxygens (including phenoxy) is 1. The fourth-order valence-corrected chi connectivity index (χ4v) is 1.54. The van der Waals surface area contributed by atoms with E-state index in [1.165, 1.54) is 22.7 Å². The highest BCUT2D eigenvalue weighted by Crippen LogP contribution is 2.24. The van der Waals surface area contributed by atoms with E-state index in [9.17, 15) is 4.79 Å². The highest BCUT2D eigenvalue weighted by Gasteiger charge is 2.13. The molecule has 0 atom stereocenters. The lowest BCUT2D eigenvalue weighted by atomic mass is 9.87. The molecule has 4 heteroatoms. The first-order valence-electron chi connectivity index (χ1n) is 5.77. The van der Waals surface area contributed by atoms with Crippen LogP contribution in [0.4, 0.5) is 4.79 Å². The van der Waals surface area contributed by atoms with Gasteiger partial charge in [-0.05, 0) is 23.1 Å². The number of benzene rings is 1. The van der Waals surface area contributed by atoms with Crippen molar-refractivity contribution in [3.8, 4) is 5.75 Å². The highest BCUT2D eigenvalue weighted by atomic mass is 16.6. The van der Waals surface area contributed by atoms with Crippen molar-refractivity contribution in [2.24, 2.45) is 0 Å². The third-order valence-electron chi connectivity index (χ3n) is 2.64. The molecule has 0 aliphatic carbocycles. The Morgan fingerprint density at radius 2 is 1.89 bits per heavy atom. The number of hydrogen-bond donors (Lipinski definition) is 0. The highest BCUT2D eigenvalue weighted by molar-refractivity contribution is 5.72. The second-order valence-corrected chi connectivity index (χ2v) is 5.11. The molecule has 4 nitrogen and oxygen atoms in total. The molecule has 0 aliphatic heterocycles. The van der Waals surface area contributed by atoms with E-state index in [0.29, 0.717) is 5.75 Å². The predicted molar refractivity (Wildman–Crippen MR) is 68.8 cm³/mol. The Labute approximate surface area is 106 Å². The first kappa shape index (κ1) is 12.4. The van der Waals surface area contributed by atoms with E-state index in [2.05, 4.69) is 25.8 Å². The largest absolute Gasteiger partial charge is 0.424 e. The number of carbonyl (C=O) groups is 1. The zero-order valence-corrected chi connectivity index (χ0v) is 10.8. The number of imidazole rings is 1. The van der Waals surface area contributed by atoms with Gasteiger partial charge in [-0.3, -0.25) is 0 Å². The van der Waals surface area contributed by atoms with Crippen LogP contribution in [0.2, 0.25) is 0 Å². The van der Waals surface area contributed by atoms with E-state index in [1.807, 2.05) is 12.1 Å². The van der Waals surface area contributed by atoms with Gasteiger partial charge < -0.3 is 4.74 Å². The Balaban J connectivity index is 2.09. The molecule has 18 heavy (non-hydrogen) atoms. The molecule has 0 saturated carbocycles. The van der Waals surface area contributed by atoms with Crippen molar-refractivity contribution >= 4 is 6.09 Å². The summed E-state index contributed by atoms with van der Waals surface area (Å²) < 4.78 is 6.50. The number of aromatic nitrogens is 2. The Morgan fingerprint density at radius 3 is 2.39 bits per heavy atom. The predicted octanol–water partition coefficient (Wildman–Crippen LogP) is 3.23. The molecule has 2 rings (SSSR count). The van der Waals surface area contributed by atoms with Gasteiger partial charge in [0.15, 0.2) is 0 Å². The molecule has 0 saturated heterocycles. The average Bonchev–Trinajstić information content (AvgIpc) is 2.82. The lowest BCUT2D eigenvalue weighted by molar-refractivity contribution is 0.202. The third kappa shape index (κ3) is 2.77. The van der Waals surface area contributed by atoms with Crippen LogP contribution in [-0.4, -0.2) is 15.6 Å². The number of carbonyl (C=O) groups excluding carboxylic acids is 1. The fourth-order valence-electron chi connectivity index (χ4n) is 1.54. The van der Waals surface area contributed by atoms with E-state index >= 15 is 0 Å². The Hall–Kier alpha value is -2.10. The van der Waals surface area contributed by atoms with Gasteiger partial charge in [0.05, 0.1) is 0 Å². The summed E-state index contributed by atoms with van der Waals surface area (Å²) in [6, 6.07) is 7.54. The van der Waals surface area contributed by atoms with Crippen molar-refractivity contribution in [3.05, 3.63) is 48.5 Å². The second kappa shape index (κ2) is 4.64. The summed E-state index contributed by atoms with van der Waals surface area (Å²) in [5, 5.41) is 0. The fraction of sp³-hybridized carbons (Fsp3) is 0.286. The SMILES string of the molecule is CC(C)(C)c1ccc(OC(=O)n2ccnc2)cc1. The van der Waals surface area contributed by atoms with Gasteiger partial charge in [0.1, 0.15) is 12.1 Å². The first-order chi connectivity index (χ1) is 8.47. The first-order valence-corrected chi connectivity index (χ1v) is 5.77. The molecule has 2 aromatic rings. The maximum Gasteiger partial charge on any atom is 0.424 e. The quantitative estimate of drug-likeness (QED) is 0.773. The molecule has 0 aliphatic rings. The van der Waals surface area contributed by atoms with Crippen molar-refractivity contribution in [3.63, 3.8) is 0 Å². The molecule has 0 spiro atoms. The Kier molecular flexibility index (Phi) is 3.19. The second-order valence-electron chi connectivity index (χ2n) is 5.11. The smallest absolute Gasteiger partial charge is 0.410 e. The normalized spacial score (nSPS) is 11.3. The zero-order chi connectivity index (χ0) is 13.2. The number of hydrogen-bond acceptors (Lipinski definition) is 3. The summed E-state index contributed by atoms with van der Waals surface area (Å²) in [4.78, 5) is 15.5. The van der Waals surface area contributed by atoms with Crippen LogP contribution in [0.15, 0.2) is 43.0 Å². The van der Waals surface area contributed by atoms with Crippen LogP contribution in [0.1, 0.15) is 26.3 Å². The van der Waals surface area contributed by atoms with Gasteiger partial charge >= 0.3 is 6.09 Å². The standard InChI is InChI=1S/C14H16N2O2/c1-14(2,3)11-4-6-12(7-5-11)18-13(17)16-9-8-15-10-16/h4-10H,1-3H3. The molecule has 0 unspecified atom stereocenters. The van der Waals surface area contributed by atoms with Crippen molar-refractivity contribution in [1.29, 1.82) is 0 Å². The number of rotatable bonds is 1. The Morgan fingerprint density at radius 1 is 1.22 bits per heavy atom. The van der Waals surface area contributed by atoms with Gasteiger partial charge in [-0.15, -0.1) is 0 Å². The Bertz CT molecular complexity index is 522. The summed E-state index contributed by atoms with van der Waals surface area (Å²) in [6.45, 7) is 6.42. The molecule has 1 aromatic carbocycles. The maximum atomic E-state index is 11.7. The molecular weight excluding hydrogens is 228 g/mol. The van der Waals surface area contributed by atoms with Gasteiger partial charge in [-0.25, -0.2) is 14.3 Å².